The predicted octanol–water partition coefficient (Wildman–Crippen LogP) is 1.85. The Labute approximate surface area is 110 Å². The van der Waals surface area contributed by atoms with E-state index in [1.807, 2.05) is 13.8 Å². The molecule has 1 aromatic rings. The van der Waals surface area contributed by atoms with Gasteiger partial charge in [-0.15, -0.1) is 0 Å². The Balaban J connectivity index is 2.55. The van der Waals surface area contributed by atoms with Gasteiger partial charge in [0.15, 0.2) is 0 Å². The van der Waals surface area contributed by atoms with E-state index in [0.29, 0.717) is 12.6 Å². The smallest absolute Gasteiger partial charge is 0.338 e. The first-order valence-electron chi connectivity index (χ1n) is 5.96. The highest BCUT2D eigenvalue weighted by atomic mass is 19.1. The number of nitrogens with one attached hydrogen (secondary N) is 2. The van der Waals surface area contributed by atoms with E-state index in [-0.39, 0.29) is 18.0 Å². The van der Waals surface area contributed by atoms with Crippen molar-refractivity contribution in [1.29, 1.82) is 0 Å². The standard InChI is InChI=1S/C13H17FN2O3/c1-8(2)15-6-5-12(17)16-9-3-4-10(13(18)19)11(14)7-9/h3-4,7-8,15H,5-6H2,1-2H3,(H,16,17)(H,18,19). The van der Waals surface area contributed by atoms with Crippen LogP contribution in [0.1, 0.15) is 30.6 Å². The van der Waals surface area contributed by atoms with Gasteiger partial charge in [0.2, 0.25) is 5.91 Å². The molecule has 0 radical (unpaired) electrons. The zero-order valence-electron chi connectivity index (χ0n) is 10.9. The largest absolute Gasteiger partial charge is 0.478 e. The molecule has 0 aliphatic carbocycles. The van der Waals surface area contributed by atoms with Crippen molar-refractivity contribution in [2.24, 2.45) is 0 Å². The van der Waals surface area contributed by atoms with Crippen molar-refractivity contribution in [3.05, 3.63) is 29.6 Å². The van der Waals surface area contributed by atoms with Gasteiger partial charge in [0.25, 0.3) is 0 Å². The highest BCUT2D eigenvalue weighted by Gasteiger charge is 2.11. The lowest BCUT2D eigenvalue weighted by atomic mass is 10.2. The molecule has 6 heteroatoms. The molecule has 0 saturated carbocycles. The number of aromatic carboxylic acids is 1. The summed E-state index contributed by atoms with van der Waals surface area (Å²) in [7, 11) is 0. The summed E-state index contributed by atoms with van der Waals surface area (Å²) in [6, 6.07) is 3.78. The topological polar surface area (TPSA) is 78.4 Å². The molecule has 0 bridgehead atoms. The molecule has 0 atom stereocenters. The van der Waals surface area contributed by atoms with Gasteiger partial charge in [-0.05, 0) is 18.2 Å². The van der Waals surface area contributed by atoms with E-state index in [0.717, 1.165) is 12.1 Å². The van der Waals surface area contributed by atoms with Crippen molar-refractivity contribution in [3.8, 4) is 0 Å². The molecule has 3 N–H and O–H groups in total. The minimum atomic E-state index is -1.34. The van der Waals surface area contributed by atoms with E-state index in [1.54, 1.807) is 0 Å². The van der Waals surface area contributed by atoms with Crippen LogP contribution in [0, 0.1) is 5.82 Å². The van der Waals surface area contributed by atoms with E-state index >= 15 is 0 Å². The molecular weight excluding hydrogens is 251 g/mol. The minimum Gasteiger partial charge on any atom is -0.478 e. The maximum atomic E-state index is 13.4. The molecule has 19 heavy (non-hydrogen) atoms. The van der Waals surface area contributed by atoms with Crippen LogP contribution >= 0.6 is 0 Å². The summed E-state index contributed by atoms with van der Waals surface area (Å²) in [5.74, 6) is -2.46. The highest BCUT2D eigenvalue weighted by molar-refractivity contribution is 5.92. The van der Waals surface area contributed by atoms with Crippen LogP contribution in [0.5, 0.6) is 0 Å². The normalized spacial score (nSPS) is 10.5. The molecule has 104 valence electrons. The number of anilines is 1. The van der Waals surface area contributed by atoms with Gasteiger partial charge < -0.3 is 15.7 Å². The average molecular weight is 268 g/mol. The Hall–Kier alpha value is -1.95. The Morgan fingerprint density at radius 1 is 1.37 bits per heavy atom. The van der Waals surface area contributed by atoms with Gasteiger partial charge >= 0.3 is 5.97 Å². The van der Waals surface area contributed by atoms with E-state index in [1.165, 1.54) is 6.07 Å². The Kier molecular flexibility index (Phi) is 5.44. The Morgan fingerprint density at radius 3 is 2.58 bits per heavy atom. The summed E-state index contributed by atoms with van der Waals surface area (Å²) < 4.78 is 13.4. The Morgan fingerprint density at radius 2 is 2.05 bits per heavy atom. The number of carbonyl (C=O) groups excluding carboxylic acids is 1. The number of carboxylic acids is 1. The minimum absolute atomic E-state index is 0.247. The molecule has 0 saturated heterocycles. The van der Waals surface area contributed by atoms with Crippen LogP contribution in [0.4, 0.5) is 10.1 Å². The lowest BCUT2D eigenvalue weighted by molar-refractivity contribution is -0.116. The monoisotopic (exact) mass is 268 g/mol. The molecule has 1 rings (SSSR count). The fourth-order valence-electron chi connectivity index (χ4n) is 1.46. The summed E-state index contributed by atoms with van der Waals surface area (Å²) in [4.78, 5) is 22.2. The van der Waals surface area contributed by atoms with Crippen LogP contribution in [-0.2, 0) is 4.79 Å². The molecule has 0 aromatic heterocycles. The number of hydrogen-bond acceptors (Lipinski definition) is 3. The second kappa shape index (κ2) is 6.84. The van der Waals surface area contributed by atoms with Gasteiger partial charge in [-0.1, -0.05) is 13.8 Å². The van der Waals surface area contributed by atoms with E-state index in [2.05, 4.69) is 10.6 Å². The number of hydrogen-bond donors (Lipinski definition) is 3. The maximum absolute atomic E-state index is 13.4. The third kappa shape index (κ3) is 5.05. The van der Waals surface area contributed by atoms with Crippen molar-refractivity contribution >= 4 is 17.6 Å². The van der Waals surface area contributed by atoms with Gasteiger partial charge in [-0.2, -0.15) is 0 Å². The van der Waals surface area contributed by atoms with E-state index in [4.69, 9.17) is 5.11 Å². The van der Waals surface area contributed by atoms with Crippen LogP contribution in [0.25, 0.3) is 0 Å². The fraction of sp³-hybridized carbons (Fsp3) is 0.385. The van der Waals surface area contributed by atoms with Gasteiger partial charge in [0.05, 0.1) is 5.56 Å². The van der Waals surface area contributed by atoms with E-state index < -0.39 is 17.3 Å². The summed E-state index contributed by atoms with van der Waals surface area (Å²) in [6.07, 6.45) is 0.264. The lowest BCUT2D eigenvalue weighted by Gasteiger charge is -2.09. The predicted molar refractivity (Wildman–Crippen MR) is 69.7 cm³/mol. The number of halogens is 1. The quantitative estimate of drug-likeness (QED) is 0.735. The molecular formula is C13H17FN2O3. The molecule has 0 fully saturated rings. The SMILES string of the molecule is CC(C)NCCC(=O)Nc1ccc(C(=O)O)c(F)c1. The van der Waals surface area contributed by atoms with Crippen molar-refractivity contribution in [3.63, 3.8) is 0 Å². The number of rotatable bonds is 6. The van der Waals surface area contributed by atoms with Crippen LogP contribution in [0.2, 0.25) is 0 Å². The molecule has 1 amide bonds. The summed E-state index contributed by atoms with van der Waals surface area (Å²) in [6.45, 7) is 4.47. The maximum Gasteiger partial charge on any atom is 0.338 e. The number of carboxylic acid groups (broad SMARTS) is 1. The van der Waals surface area contributed by atoms with Gasteiger partial charge in [-0.3, -0.25) is 4.79 Å². The average Bonchev–Trinajstić information content (AvgIpc) is 2.27. The number of benzene rings is 1. The molecule has 0 aliphatic rings. The van der Waals surface area contributed by atoms with Gasteiger partial charge in [0, 0.05) is 24.7 Å². The van der Waals surface area contributed by atoms with Gasteiger partial charge in [-0.25, -0.2) is 9.18 Å². The third-order valence-electron chi connectivity index (χ3n) is 2.39. The van der Waals surface area contributed by atoms with E-state index in [9.17, 15) is 14.0 Å². The lowest BCUT2D eigenvalue weighted by Crippen LogP contribution is -2.27. The van der Waals surface area contributed by atoms with Crippen molar-refractivity contribution in [1.82, 2.24) is 5.32 Å². The van der Waals surface area contributed by atoms with Crippen molar-refractivity contribution in [2.45, 2.75) is 26.3 Å². The first kappa shape index (κ1) is 15.1. The zero-order valence-corrected chi connectivity index (χ0v) is 10.9. The van der Waals surface area contributed by atoms with Crippen molar-refractivity contribution in [2.75, 3.05) is 11.9 Å². The number of amides is 1. The summed E-state index contributed by atoms with van der Waals surface area (Å²) in [5, 5.41) is 14.3. The summed E-state index contributed by atoms with van der Waals surface area (Å²) >= 11 is 0. The zero-order chi connectivity index (χ0) is 14.4. The number of carbonyl (C=O) groups is 2. The third-order valence-corrected chi connectivity index (χ3v) is 2.39. The molecule has 0 unspecified atom stereocenters. The summed E-state index contributed by atoms with van der Waals surface area (Å²) in [5.41, 5.74) is -0.170. The van der Waals surface area contributed by atoms with Crippen LogP contribution in [-0.4, -0.2) is 29.6 Å². The van der Waals surface area contributed by atoms with Crippen LogP contribution < -0.4 is 10.6 Å². The highest BCUT2D eigenvalue weighted by Crippen LogP contribution is 2.14. The van der Waals surface area contributed by atoms with Crippen molar-refractivity contribution < 1.29 is 19.1 Å². The van der Waals surface area contributed by atoms with Crippen LogP contribution in [0.15, 0.2) is 18.2 Å². The Bertz CT molecular complexity index is 475. The molecule has 0 aliphatic heterocycles. The molecule has 0 spiro atoms. The first-order chi connectivity index (χ1) is 8.90. The van der Waals surface area contributed by atoms with Gasteiger partial charge in [0.1, 0.15) is 5.82 Å². The first-order valence-corrected chi connectivity index (χ1v) is 5.96. The fourth-order valence-corrected chi connectivity index (χ4v) is 1.46. The second-order valence-corrected chi connectivity index (χ2v) is 4.41. The van der Waals surface area contributed by atoms with Crippen LogP contribution in [0.3, 0.4) is 0 Å². The molecule has 5 nitrogen and oxygen atoms in total. The second-order valence-electron chi connectivity index (χ2n) is 4.41. The molecule has 1 aromatic carbocycles. The molecule has 0 heterocycles.